The summed E-state index contributed by atoms with van der Waals surface area (Å²) in [7, 11) is 1.90. The number of nitrogens with zero attached hydrogens (tertiary/aromatic N) is 2. The van der Waals surface area contributed by atoms with E-state index in [4.69, 9.17) is 11.5 Å². The molecule has 0 saturated heterocycles. The molecule has 1 rings (SSSR count). The van der Waals surface area contributed by atoms with E-state index >= 15 is 0 Å². The number of anilines is 2. The van der Waals surface area contributed by atoms with Crippen molar-refractivity contribution in [3.63, 3.8) is 0 Å². The molecule has 1 aromatic rings. The first-order valence-electron chi connectivity index (χ1n) is 4.71. The summed E-state index contributed by atoms with van der Waals surface area (Å²) in [5.41, 5.74) is 11.4. The van der Waals surface area contributed by atoms with Gasteiger partial charge in [0.25, 0.3) is 5.91 Å². The molecular weight excluding hydrogens is 192 g/mol. The fourth-order valence-corrected chi connectivity index (χ4v) is 1.13. The Hall–Kier alpha value is -1.78. The van der Waals surface area contributed by atoms with E-state index in [1.165, 1.54) is 6.20 Å². The number of aromatic nitrogens is 1. The number of primary amides is 1. The van der Waals surface area contributed by atoms with Crippen LogP contribution in [0.4, 0.5) is 11.5 Å². The molecule has 0 aliphatic carbocycles. The summed E-state index contributed by atoms with van der Waals surface area (Å²) in [5.74, 6) is 0.154. The van der Waals surface area contributed by atoms with Crippen molar-refractivity contribution in [3.8, 4) is 0 Å². The quantitative estimate of drug-likeness (QED) is 0.762. The Bertz CT molecular complexity index is 376. The second-order valence-electron chi connectivity index (χ2n) is 3.70. The zero-order chi connectivity index (χ0) is 11.6. The minimum Gasteiger partial charge on any atom is -0.397 e. The fraction of sp³-hybridized carbons (Fsp3) is 0.400. The number of nitrogen functional groups attached to an aromatic ring is 1. The highest BCUT2D eigenvalue weighted by Gasteiger charge is 2.11. The van der Waals surface area contributed by atoms with E-state index in [2.05, 4.69) is 4.98 Å². The predicted molar refractivity (Wildman–Crippen MR) is 60.7 cm³/mol. The van der Waals surface area contributed by atoms with Crippen LogP contribution in [0.5, 0.6) is 0 Å². The summed E-state index contributed by atoms with van der Waals surface area (Å²) in [6.07, 6.45) is 1.45. The van der Waals surface area contributed by atoms with E-state index < -0.39 is 5.91 Å². The van der Waals surface area contributed by atoms with Gasteiger partial charge in [0.2, 0.25) is 0 Å². The van der Waals surface area contributed by atoms with Crippen molar-refractivity contribution in [2.24, 2.45) is 5.73 Å². The Morgan fingerprint density at radius 3 is 2.60 bits per heavy atom. The lowest BCUT2D eigenvalue weighted by atomic mass is 10.2. The molecule has 0 fully saturated rings. The van der Waals surface area contributed by atoms with E-state index in [0.29, 0.717) is 23.1 Å². The normalized spacial score (nSPS) is 10.4. The maximum atomic E-state index is 11.1. The SMILES string of the molecule is CC(C)N(C)c1cc(C(N)=O)c(N)cn1. The molecular formula is C10H16N4O. The van der Waals surface area contributed by atoms with Crippen molar-refractivity contribution in [3.05, 3.63) is 17.8 Å². The zero-order valence-electron chi connectivity index (χ0n) is 9.19. The molecule has 1 heterocycles. The number of nitrogens with two attached hydrogens (primary N) is 2. The van der Waals surface area contributed by atoms with Gasteiger partial charge in [-0.2, -0.15) is 0 Å². The zero-order valence-corrected chi connectivity index (χ0v) is 9.19. The largest absolute Gasteiger partial charge is 0.397 e. The van der Waals surface area contributed by atoms with Crippen molar-refractivity contribution in [2.45, 2.75) is 19.9 Å². The molecule has 5 nitrogen and oxygen atoms in total. The molecule has 0 aliphatic rings. The molecule has 0 unspecified atom stereocenters. The van der Waals surface area contributed by atoms with Crippen molar-refractivity contribution in [1.29, 1.82) is 0 Å². The van der Waals surface area contributed by atoms with Crippen molar-refractivity contribution in [2.75, 3.05) is 17.7 Å². The second-order valence-corrected chi connectivity index (χ2v) is 3.70. The molecule has 1 aromatic heterocycles. The van der Waals surface area contributed by atoms with Gasteiger partial charge in [0.1, 0.15) is 5.82 Å². The van der Waals surface area contributed by atoms with Crippen LogP contribution in [0.25, 0.3) is 0 Å². The third-order valence-corrected chi connectivity index (χ3v) is 2.32. The average Bonchev–Trinajstić information content (AvgIpc) is 2.16. The standard InChI is InChI=1S/C10H16N4O/c1-6(2)14(3)9-4-7(10(12)15)8(11)5-13-9/h4-6H,11H2,1-3H3,(H2,12,15). The number of rotatable bonds is 3. The summed E-state index contributed by atoms with van der Waals surface area (Å²) in [6.45, 7) is 4.06. The van der Waals surface area contributed by atoms with Gasteiger partial charge in [0, 0.05) is 13.1 Å². The van der Waals surface area contributed by atoms with Crippen LogP contribution in [-0.4, -0.2) is 24.0 Å². The van der Waals surface area contributed by atoms with Gasteiger partial charge in [0.15, 0.2) is 0 Å². The highest BCUT2D eigenvalue weighted by atomic mass is 16.1. The van der Waals surface area contributed by atoms with Crippen LogP contribution < -0.4 is 16.4 Å². The Morgan fingerprint density at radius 2 is 2.13 bits per heavy atom. The van der Waals surface area contributed by atoms with Gasteiger partial charge in [-0.3, -0.25) is 4.79 Å². The van der Waals surface area contributed by atoms with Crippen LogP contribution in [0.1, 0.15) is 24.2 Å². The van der Waals surface area contributed by atoms with Crippen LogP contribution in [0.2, 0.25) is 0 Å². The number of hydrogen-bond acceptors (Lipinski definition) is 4. The third-order valence-electron chi connectivity index (χ3n) is 2.32. The van der Waals surface area contributed by atoms with Gasteiger partial charge < -0.3 is 16.4 Å². The predicted octanol–water partition coefficient (Wildman–Crippen LogP) is 0.607. The van der Waals surface area contributed by atoms with Gasteiger partial charge in [-0.15, -0.1) is 0 Å². The van der Waals surface area contributed by atoms with E-state index in [9.17, 15) is 4.79 Å². The molecule has 0 aromatic carbocycles. The maximum Gasteiger partial charge on any atom is 0.250 e. The highest BCUT2D eigenvalue weighted by Crippen LogP contribution is 2.18. The summed E-state index contributed by atoms with van der Waals surface area (Å²) < 4.78 is 0. The Balaban J connectivity index is 3.13. The summed E-state index contributed by atoms with van der Waals surface area (Å²) >= 11 is 0. The molecule has 5 heteroatoms. The van der Waals surface area contributed by atoms with Crippen LogP contribution >= 0.6 is 0 Å². The highest BCUT2D eigenvalue weighted by molar-refractivity contribution is 5.98. The third kappa shape index (κ3) is 2.37. The lowest BCUT2D eigenvalue weighted by molar-refractivity contribution is 0.100. The van der Waals surface area contributed by atoms with Crippen LogP contribution in [0.3, 0.4) is 0 Å². The first-order chi connectivity index (χ1) is 6.93. The Kier molecular flexibility index (Phi) is 3.14. The van der Waals surface area contributed by atoms with Gasteiger partial charge >= 0.3 is 0 Å². The van der Waals surface area contributed by atoms with Crippen molar-refractivity contribution >= 4 is 17.4 Å². The minimum absolute atomic E-state index is 0.293. The molecule has 0 aliphatic heterocycles. The Labute approximate surface area is 89.1 Å². The van der Waals surface area contributed by atoms with E-state index in [-0.39, 0.29) is 0 Å². The smallest absolute Gasteiger partial charge is 0.250 e. The minimum atomic E-state index is -0.534. The van der Waals surface area contributed by atoms with Crippen molar-refractivity contribution < 1.29 is 4.79 Å². The van der Waals surface area contributed by atoms with Crippen LogP contribution in [0, 0.1) is 0 Å². The maximum absolute atomic E-state index is 11.1. The van der Waals surface area contributed by atoms with Crippen LogP contribution in [-0.2, 0) is 0 Å². The lowest BCUT2D eigenvalue weighted by Crippen LogP contribution is -2.27. The fourth-order valence-electron chi connectivity index (χ4n) is 1.13. The molecule has 15 heavy (non-hydrogen) atoms. The molecule has 4 N–H and O–H groups in total. The number of carbonyl (C=O) groups is 1. The molecule has 0 saturated carbocycles. The summed E-state index contributed by atoms with van der Waals surface area (Å²) in [4.78, 5) is 17.1. The first kappa shape index (κ1) is 11.3. The molecule has 1 amide bonds. The molecule has 0 radical (unpaired) electrons. The average molecular weight is 208 g/mol. The molecule has 0 bridgehead atoms. The molecule has 0 spiro atoms. The number of carbonyl (C=O) groups excluding carboxylic acids is 1. The monoisotopic (exact) mass is 208 g/mol. The summed E-state index contributed by atoms with van der Waals surface area (Å²) in [6, 6.07) is 1.90. The van der Waals surface area contributed by atoms with E-state index in [1.54, 1.807) is 6.07 Å². The molecule has 82 valence electrons. The second kappa shape index (κ2) is 4.16. The topological polar surface area (TPSA) is 85.2 Å². The number of pyridine rings is 1. The van der Waals surface area contributed by atoms with E-state index in [0.717, 1.165) is 0 Å². The Morgan fingerprint density at radius 1 is 1.53 bits per heavy atom. The van der Waals surface area contributed by atoms with Gasteiger partial charge in [-0.1, -0.05) is 0 Å². The van der Waals surface area contributed by atoms with Crippen molar-refractivity contribution in [1.82, 2.24) is 4.98 Å². The number of hydrogen-bond donors (Lipinski definition) is 2. The van der Waals surface area contributed by atoms with Crippen LogP contribution in [0.15, 0.2) is 12.3 Å². The molecule has 0 atom stereocenters. The number of amides is 1. The van der Waals surface area contributed by atoms with Gasteiger partial charge in [-0.25, -0.2) is 4.98 Å². The first-order valence-corrected chi connectivity index (χ1v) is 4.71. The lowest BCUT2D eigenvalue weighted by Gasteiger charge is -2.22. The summed E-state index contributed by atoms with van der Waals surface area (Å²) in [5, 5.41) is 0. The van der Waals surface area contributed by atoms with Gasteiger partial charge in [0.05, 0.1) is 17.4 Å². The van der Waals surface area contributed by atoms with E-state index in [1.807, 2.05) is 25.8 Å². The van der Waals surface area contributed by atoms with Gasteiger partial charge in [-0.05, 0) is 19.9 Å².